The Hall–Kier alpha value is -2.68. The van der Waals surface area contributed by atoms with Crippen LogP contribution in [0.5, 0.6) is 0 Å². The van der Waals surface area contributed by atoms with E-state index in [9.17, 15) is 22.0 Å². The highest BCUT2D eigenvalue weighted by atomic mass is 35.5. The van der Waals surface area contributed by atoms with Crippen molar-refractivity contribution in [3.8, 4) is 22.6 Å². The van der Waals surface area contributed by atoms with Crippen LogP contribution in [0.15, 0.2) is 42.7 Å². The van der Waals surface area contributed by atoms with E-state index in [0.29, 0.717) is 5.56 Å². The maximum Gasteiger partial charge on any atom is 0.433 e. The summed E-state index contributed by atoms with van der Waals surface area (Å²) >= 11 is 5.78. The Morgan fingerprint density at radius 3 is 2.27 bits per heavy atom. The molecule has 3 heterocycles. The molecule has 0 aliphatic carbocycles. The topological polar surface area (TPSA) is 51.6 Å². The molecule has 0 unspecified atom stereocenters. The smallest absolute Gasteiger partial charge is 0.251 e. The van der Waals surface area contributed by atoms with Crippen LogP contribution < -0.4 is 0 Å². The zero-order valence-electron chi connectivity index (χ0n) is 12.7. The van der Waals surface area contributed by atoms with Crippen molar-refractivity contribution in [1.29, 1.82) is 0 Å². The van der Waals surface area contributed by atoms with Crippen LogP contribution in [0.1, 0.15) is 17.8 Å². The Bertz CT molecular complexity index is 929. The zero-order valence-corrected chi connectivity index (χ0v) is 13.4. The number of aromatic nitrogens is 4. The molecule has 0 atom stereocenters. The lowest BCUT2D eigenvalue weighted by atomic mass is 10.1. The monoisotopic (exact) mass is 386 g/mol. The van der Waals surface area contributed by atoms with Crippen LogP contribution >= 0.6 is 11.6 Å². The van der Waals surface area contributed by atoms with Crippen LogP contribution in [0.4, 0.5) is 22.0 Å². The third-order valence-corrected chi connectivity index (χ3v) is 3.51. The number of nitrogens with zero attached hydrogens (tertiary/aromatic N) is 4. The van der Waals surface area contributed by atoms with Gasteiger partial charge in [0.15, 0.2) is 5.82 Å². The van der Waals surface area contributed by atoms with E-state index in [2.05, 4.69) is 19.9 Å². The molecule has 0 saturated heterocycles. The Morgan fingerprint density at radius 1 is 0.923 bits per heavy atom. The fourth-order valence-electron chi connectivity index (χ4n) is 2.11. The van der Waals surface area contributed by atoms with Crippen LogP contribution in [0.25, 0.3) is 22.6 Å². The average Bonchev–Trinajstić information content (AvgIpc) is 2.60. The maximum atomic E-state index is 13.2. The molecular weight excluding hydrogens is 379 g/mol. The summed E-state index contributed by atoms with van der Waals surface area (Å²) in [5, 5.41) is 0.117. The van der Waals surface area contributed by atoms with Crippen molar-refractivity contribution in [2.24, 2.45) is 0 Å². The number of halogens is 6. The van der Waals surface area contributed by atoms with E-state index in [1.54, 1.807) is 0 Å². The summed E-state index contributed by atoms with van der Waals surface area (Å²) in [5.74, 6) is -0.0537. The van der Waals surface area contributed by atoms with Gasteiger partial charge < -0.3 is 0 Å². The molecular formula is C16H8ClF5N4. The number of rotatable bonds is 3. The second-order valence-electron chi connectivity index (χ2n) is 5.10. The van der Waals surface area contributed by atoms with Crippen LogP contribution in [0.3, 0.4) is 0 Å². The van der Waals surface area contributed by atoms with Crippen LogP contribution in [0.2, 0.25) is 5.15 Å². The lowest BCUT2D eigenvalue weighted by Gasteiger charge is -2.09. The van der Waals surface area contributed by atoms with Gasteiger partial charge in [0.05, 0.1) is 5.69 Å². The molecule has 0 fully saturated rings. The SMILES string of the molecule is FC(F)c1cc(-c2ccc(C(F)(F)F)nc2)nc(-c2ccnc(Cl)c2)n1. The first-order chi connectivity index (χ1) is 12.2. The first kappa shape index (κ1) is 18.1. The Morgan fingerprint density at radius 2 is 1.69 bits per heavy atom. The molecule has 4 nitrogen and oxygen atoms in total. The molecule has 0 radical (unpaired) electrons. The van der Waals surface area contributed by atoms with Gasteiger partial charge in [-0.3, -0.25) is 4.98 Å². The van der Waals surface area contributed by atoms with Crippen molar-refractivity contribution in [1.82, 2.24) is 19.9 Å². The molecule has 3 aromatic heterocycles. The summed E-state index contributed by atoms with van der Waals surface area (Å²) in [5.41, 5.74) is -1.17. The first-order valence-electron chi connectivity index (χ1n) is 7.07. The van der Waals surface area contributed by atoms with E-state index in [1.807, 2.05) is 0 Å². The van der Waals surface area contributed by atoms with Gasteiger partial charge in [0.1, 0.15) is 16.5 Å². The Labute approximate surface area is 148 Å². The van der Waals surface area contributed by atoms with Crippen LogP contribution in [-0.4, -0.2) is 19.9 Å². The summed E-state index contributed by atoms with van der Waals surface area (Å²) in [6, 6.07) is 5.73. The van der Waals surface area contributed by atoms with Crippen molar-refractivity contribution in [3.05, 3.63) is 59.3 Å². The molecule has 0 spiro atoms. The fourth-order valence-corrected chi connectivity index (χ4v) is 2.28. The van der Waals surface area contributed by atoms with Gasteiger partial charge >= 0.3 is 6.18 Å². The maximum absolute atomic E-state index is 13.2. The lowest BCUT2D eigenvalue weighted by Crippen LogP contribution is -2.07. The zero-order chi connectivity index (χ0) is 18.9. The van der Waals surface area contributed by atoms with Gasteiger partial charge in [-0.2, -0.15) is 13.2 Å². The third kappa shape index (κ3) is 3.93. The average molecular weight is 387 g/mol. The van der Waals surface area contributed by atoms with Gasteiger partial charge in [-0.15, -0.1) is 0 Å². The Balaban J connectivity index is 2.09. The molecule has 0 aliphatic rings. The van der Waals surface area contributed by atoms with Crippen LogP contribution in [-0.2, 0) is 6.18 Å². The van der Waals surface area contributed by atoms with Crippen LogP contribution in [0, 0.1) is 0 Å². The van der Waals surface area contributed by atoms with Crippen molar-refractivity contribution >= 4 is 11.6 Å². The summed E-state index contributed by atoms with van der Waals surface area (Å²) in [7, 11) is 0. The van der Waals surface area contributed by atoms with Crippen molar-refractivity contribution < 1.29 is 22.0 Å². The van der Waals surface area contributed by atoms with Gasteiger partial charge in [0.2, 0.25) is 0 Å². The molecule has 0 aromatic carbocycles. The highest BCUT2D eigenvalue weighted by Crippen LogP contribution is 2.30. The summed E-state index contributed by atoms with van der Waals surface area (Å²) in [4.78, 5) is 15.0. The molecule has 26 heavy (non-hydrogen) atoms. The summed E-state index contributed by atoms with van der Waals surface area (Å²) in [6.45, 7) is 0. The fraction of sp³-hybridized carbons (Fsp3) is 0.125. The summed E-state index contributed by atoms with van der Waals surface area (Å²) in [6.07, 6.45) is -5.22. The number of hydrogen-bond acceptors (Lipinski definition) is 4. The van der Waals surface area contributed by atoms with Crippen molar-refractivity contribution in [2.45, 2.75) is 12.6 Å². The highest BCUT2D eigenvalue weighted by molar-refractivity contribution is 6.29. The largest absolute Gasteiger partial charge is 0.433 e. The number of hydrogen-bond donors (Lipinski definition) is 0. The van der Waals surface area contributed by atoms with Gasteiger partial charge in [-0.05, 0) is 30.3 Å². The second kappa shape index (κ2) is 6.91. The van der Waals surface area contributed by atoms with E-state index < -0.39 is 24.0 Å². The molecule has 0 bridgehead atoms. The number of pyridine rings is 2. The predicted octanol–water partition coefficient (Wildman–Crippen LogP) is 5.21. The van der Waals surface area contributed by atoms with Crippen molar-refractivity contribution in [2.75, 3.05) is 0 Å². The molecule has 0 aliphatic heterocycles. The highest BCUT2D eigenvalue weighted by Gasteiger charge is 2.32. The lowest BCUT2D eigenvalue weighted by molar-refractivity contribution is -0.141. The van der Waals surface area contributed by atoms with E-state index in [0.717, 1.165) is 24.4 Å². The van der Waals surface area contributed by atoms with Gasteiger partial charge in [-0.1, -0.05) is 11.6 Å². The number of alkyl halides is 5. The van der Waals surface area contributed by atoms with Gasteiger partial charge in [0, 0.05) is 23.5 Å². The predicted molar refractivity (Wildman–Crippen MR) is 83.5 cm³/mol. The van der Waals surface area contributed by atoms with Gasteiger partial charge in [-0.25, -0.2) is 23.7 Å². The minimum absolute atomic E-state index is 0.0134. The van der Waals surface area contributed by atoms with E-state index in [1.165, 1.54) is 18.3 Å². The molecule has 3 rings (SSSR count). The van der Waals surface area contributed by atoms with Crippen molar-refractivity contribution in [3.63, 3.8) is 0 Å². The second-order valence-corrected chi connectivity index (χ2v) is 5.49. The normalized spacial score (nSPS) is 11.8. The third-order valence-electron chi connectivity index (χ3n) is 3.30. The van der Waals surface area contributed by atoms with Gasteiger partial charge in [0.25, 0.3) is 6.43 Å². The molecule has 0 saturated carbocycles. The molecule has 10 heteroatoms. The molecule has 3 aromatic rings. The first-order valence-corrected chi connectivity index (χ1v) is 7.44. The Kier molecular flexibility index (Phi) is 4.82. The quantitative estimate of drug-likeness (QED) is 0.458. The van der Waals surface area contributed by atoms with E-state index >= 15 is 0 Å². The standard InChI is InChI=1S/C16H8ClF5N4/c17-13-5-8(3-4-23-13)15-25-10(6-11(26-15)14(18)19)9-1-2-12(24-7-9)16(20,21)22/h1-7,14H. The minimum Gasteiger partial charge on any atom is -0.251 e. The summed E-state index contributed by atoms with van der Waals surface area (Å²) < 4.78 is 64.2. The van der Waals surface area contributed by atoms with E-state index in [-0.39, 0.29) is 22.2 Å². The minimum atomic E-state index is -4.60. The molecule has 0 N–H and O–H groups in total. The molecule has 134 valence electrons. The van der Waals surface area contributed by atoms with E-state index in [4.69, 9.17) is 11.6 Å². The molecule has 0 amide bonds.